The van der Waals surface area contributed by atoms with Crippen LogP contribution in [-0.2, 0) is 29.6 Å². The first kappa shape index (κ1) is 20.5. The third-order valence-corrected chi connectivity index (χ3v) is 4.17. The minimum Gasteiger partial charge on any atom is -0.302 e. The van der Waals surface area contributed by atoms with Crippen LogP contribution < -0.4 is 0 Å². The highest BCUT2D eigenvalue weighted by Gasteiger charge is 2.23. The summed E-state index contributed by atoms with van der Waals surface area (Å²) in [5.41, 5.74) is 4.71. The molecule has 0 unspecified atom stereocenters. The number of aryl methyl sites for hydroxylation is 1. The highest BCUT2D eigenvalue weighted by atomic mass is 32.2. The van der Waals surface area contributed by atoms with E-state index in [1.807, 2.05) is 12.1 Å². The molecule has 1 aliphatic rings. The molecule has 0 saturated heterocycles. The lowest BCUT2D eigenvalue weighted by Gasteiger charge is -2.23. The van der Waals surface area contributed by atoms with Crippen molar-refractivity contribution in [3.8, 4) is 11.3 Å². The monoisotopic (exact) mass is 383 g/mol. The Hall–Kier alpha value is -1.77. The van der Waals surface area contributed by atoms with Crippen molar-refractivity contribution < 1.29 is 17.4 Å². The minimum absolute atomic E-state index is 0.199. The van der Waals surface area contributed by atoms with E-state index in [-0.39, 0.29) is 5.82 Å². The van der Waals surface area contributed by atoms with Gasteiger partial charge in [-0.15, -0.1) is 0 Å². The second kappa shape index (κ2) is 8.75. The van der Waals surface area contributed by atoms with Crippen LogP contribution in [-0.4, -0.2) is 47.5 Å². The van der Waals surface area contributed by atoms with Gasteiger partial charge in [-0.05, 0) is 37.7 Å². The molecule has 2 aromatic rings. The molecule has 1 N–H and O–H groups in total. The largest absolute Gasteiger partial charge is 0.302 e. The van der Waals surface area contributed by atoms with Gasteiger partial charge in [0.05, 0.1) is 11.9 Å². The Morgan fingerprint density at radius 3 is 2.46 bits per heavy atom. The summed E-state index contributed by atoms with van der Waals surface area (Å²) >= 11 is 0. The molecule has 0 spiro atoms. The van der Waals surface area contributed by atoms with Crippen molar-refractivity contribution in [2.24, 2.45) is 0 Å². The maximum Gasteiger partial charge on any atom is 0.261 e. The molecule has 1 aromatic heterocycles. The number of fused-ring (bicyclic) bond motifs is 1. The van der Waals surface area contributed by atoms with Gasteiger partial charge in [-0.2, -0.15) is 13.5 Å². The molecule has 0 saturated carbocycles. The summed E-state index contributed by atoms with van der Waals surface area (Å²) in [6, 6.07) is 6.69. The van der Waals surface area contributed by atoms with Crippen LogP contribution in [0.1, 0.15) is 31.0 Å². The topological polar surface area (TPSA) is 75.4 Å². The zero-order chi connectivity index (χ0) is 19.3. The number of aromatic nitrogens is 2. The van der Waals surface area contributed by atoms with E-state index < -0.39 is 10.1 Å². The SMILES string of the molecule is CCCCn1nc(-c2ccc(F)cc2)c2c1CCN(C)C2.CS(=O)(=O)O. The molecule has 8 heteroatoms. The number of nitrogens with zero attached hydrogens (tertiary/aromatic N) is 3. The van der Waals surface area contributed by atoms with Crippen molar-refractivity contribution >= 4 is 10.1 Å². The van der Waals surface area contributed by atoms with E-state index in [0.29, 0.717) is 6.26 Å². The lowest BCUT2D eigenvalue weighted by Crippen LogP contribution is -2.27. The van der Waals surface area contributed by atoms with Gasteiger partial charge < -0.3 is 4.90 Å². The maximum absolute atomic E-state index is 13.1. The van der Waals surface area contributed by atoms with Gasteiger partial charge in [0.2, 0.25) is 0 Å². The van der Waals surface area contributed by atoms with Crippen LogP contribution >= 0.6 is 0 Å². The highest BCUT2D eigenvalue weighted by molar-refractivity contribution is 7.85. The maximum atomic E-state index is 13.1. The van der Waals surface area contributed by atoms with Gasteiger partial charge >= 0.3 is 0 Å². The van der Waals surface area contributed by atoms with Crippen molar-refractivity contribution in [1.82, 2.24) is 14.7 Å². The van der Waals surface area contributed by atoms with Crippen LogP contribution in [0.4, 0.5) is 4.39 Å². The third kappa shape index (κ3) is 5.89. The van der Waals surface area contributed by atoms with Crippen molar-refractivity contribution in [2.45, 2.75) is 39.3 Å². The first-order chi connectivity index (χ1) is 12.2. The summed E-state index contributed by atoms with van der Waals surface area (Å²) < 4.78 is 41.2. The molecule has 144 valence electrons. The van der Waals surface area contributed by atoms with Crippen LogP contribution in [0.5, 0.6) is 0 Å². The quantitative estimate of drug-likeness (QED) is 0.822. The molecule has 3 rings (SSSR count). The molecule has 6 nitrogen and oxygen atoms in total. The van der Waals surface area contributed by atoms with Gasteiger partial charge in [-0.25, -0.2) is 4.39 Å². The zero-order valence-electron chi connectivity index (χ0n) is 15.4. The third-order valence-electron chi connectivity index (χ3n) is 4.17. The van der Waals surface area contributed by atoms with Gasteiger partial charge in [0.25, 0.3) is 10.1 Å². The van der Waals surface area contributed by atoms with Crippen LogP contribution in [0.3, 0.4) is 0 Å². The zero-order valence-corrected chi connectivity index (χ0v) is 16.3. The summed E-state index contributed by atoms with van der Waals surface area (Å²) in [7, 11) is -1.53. The van der Waals surface area contributed by atoms with Crippen LogP contribution in [0.25, 0.3) is 11.3 Å². The normalized spacial score (nSPS) is 14.5. The lowest BCUT2D eigenvalue weighted by atomic mass is 10.0. The van der Waals surface area contributed by atoms with E-state index in [1.165, 1.54) is 29.8 Å². The fourth-order valence-electron chi connectivity index (χ4n) is 2.96. The van der Waals surface area contributed by atoms with E-state index in [2.05, 4.69) is 23.6 Å². The van der Waals surface area contributed by atoms with Crippen molar-refractivity contribution in [2.75, 3.05) is 19.8 Å². The van der Waals surface area contributed by atoms with Crippen molar-refractivity contribution in [3.63, 3.8) is 0 Å². The Kier molecular flexibility index (Phi) is 6.91. The van der Waals surface area contributed by atoms with E-state index in [9.17, 15) is 12.8 Å². The minimum atomic E-state index is -3.67. The average molecular weight is 383 g/mol. The fraction of sp³-hybridized carbons (Fsp3) is 0.500. The first-order valence-corrected chi connectivity index (χ1v) is 10.5. The van der Waals surface area contributed by atoms with E-state index >= 15 is 0 Å². The summed E-state index contributed by atoms with van der Waals surface area (Å²) in [6.07, 6.45) is 4.07. The van der Waals surface area contributed by atoms with Gasteiger partial charge in [0, 0.05) is 42.9 Å². The van der Waals surface area contributed by atoms with Gasteiger partial charge in [-0.1, -0.05) is 13.3 Å². The predicted octanol–water partition coefficient (Wildman–Crippen LogP) is 2.98. The average Bonchev–Trinajstić information content (AvgIpc) is 2.90. The molecular weight excluding hydrogens is 357 g/mol. The number of hydrogen-bond acceptors (Lipinski definition) is 4. The standard InChI is InChI=1S/C17H22FN3.CH4O3S/c1-3-4-10-21-16-9-11-20(2)12-15(16)17(19-21)13-5-7-14(18)8-6-13;1-5(2,3)4/h5-8H,3-4,9-12H2,1-2H3;1H3,(H,2,3,4). The molecule has 2 heterocycles. The Labute approximate surface area is 154 Å². The highest BCUT2D eigenvalue weighted by Crippen LogP contribution is 2.30. The molecule has 0 radical (unpaired) electrons. The molecule has 26 heavy (non-hydrogen) atoms. The molecule has 0 amide bonds. The van der Waals surface area contributed by atoms with Gasteiger partial charge in [0.15, 0.2) is 0 Å². The molecule has 0 aliphatic carbocycles. The van der Waals surface area contributed by atoms with E-state index in [1.54, 1.807) is 0 Å². The summed E-state index contributed by atoms with van der Waals surface area (Å²) in [5.74, 6) is -0.199. The van der Waals surface area contributed by atoms with Crippen LogP contribution in [0.15, 0.2) is 24.3 Å². The van der Waals surface area contributed by atoms with Gasteiger partial charge in [-0.3, -0.25) is 9.23 Å². The smallest absolute Gasteiger partial charge is 0.261 e. The second-order valence-electron chi connectivity index (χ2n) is 6.58. The van der Waals surface area contributed by atoms with Gasteiger partial charge in [0.1, 0.15) is 5.82 Å². The van der Waals surface area contributed by atoms with Crippen molar-refractivity contribution in [1.29, 1.82) is 0 Å². The summed E-state index contributed by atoms with van der Waals surface area (Å²) in [4.78, 5) is 2.32. The Morgan fingerprint density at radius 2 is 1.88 bits per heavy atom. The molecule has 1 aromatic carbocycles. The number of likely N-dealkylation sites (N-methyl/N-ethyl adjacent to an activating group) is 1. The Morgan fingerprint density at radius 1 is 1.27 bits per heavy atom. The molecular formula is C18H26FN3O3S. The first-order valence-electron chi connectivity index (χ1n) is 8.64. The van der Waals surface area contributed by atoms with Crippen LogP contribution in [0, 0.1) is 5.82 Å². The second-order valence-corrected chi connectivity index (χ2v) is 8.04. The summed E-state index contributed by atoms with van der Waals surface area (Å²) in [6.45, 7) is 5.18. The van der Waals surface area contributed by atoms with Crippen LogP contribution in [0.2, 0.25) is 0 Å². The van der Waals surface area contributed by atoms with E-state index in [0.717, 1.165) is 43.7 Å². The number of unbranched alkanes of at least 4 members (excludes halogenated alkanes) is 1. The number of halogens is 1. The Balaban J connectivity index is 0.000000431. The predicted molar refractivity (Wildman–Crippen MR) is 100 cm³/mol. The lowest BCUT2D eigenvalue weighted by molar-refractivity contribution is 0.307. The summed E-state index contributed by atoms with van der Waals surface area (Å²) in [5, 5.41) is 4.83. The van der Waals surface area contributed by atoms with Crippen molar-refractivity contribution in [3.05, 3.63) is 41.3 Å². The number of benzene rings is 1. The molecule has 0 atom stereocenters. The molecule has 0 bridgehead atoms. The number of hydrogen-bond donors (Lipinski definition) is 1. The fourth-order valence-corrected chi connectivity index (χ4v) is 2.96. The van der Waals surface area contributed by atoms with E-state index in [4.69, 9.17) is 9.65 Å². The molecule has 1 aliphatic heterocycles. The molecule has 0 fully saturated rings. The Bertz CT molecular complexity index is 824. The number of rotatable bonds is 4.